The van der Waals surface area contributed by atoms with Gasteiger partial charge in [0.05, 0.1) is 15.9 Å². The normalized spacial score (nSPS) is 12.0. The van der Waals surface area contributed by atoms with Crippen molar-refractivity contribution in [2.45, 2.75) is 31.6 Å². The summed E-state index contributed by atoms with van der Waals surface area (Å²) in [6.07, 6.45) is 2.34. The third kappa shape index (κ3) is 4.08. The molecule has 28 heavy (non-hydrogen) atoms. The van der Waals surface area contributed by atoms with Gasteiger partial charge in [-0.1, -0.05) is 13.8 Å². The summed E-state index contributed by atoms with van der Waals surface area (Å²) in [5.41, 5.74) is 1.43. The summed E-state index contributed by atoms with van der Waals surface area (Å²) in [5.74, 6) is 0.591. The molecule has 0 atom stereocenters. The summed E-state index contributed by atoms with van der Waals surface area (Å²) >= 11 is 1.36. The fourth-order valence-electron chi connectivity index (χ4n) is 3.02. The molecule has 0 saturated carbocycles. The zero-order valence-corrected chi connectivity index (χ0v) is 17.7. The first kappa shape index (κ1) is 20.4. The SMILES string of the molecule is CCN(CC)S(=O)(=O)c1ccc2c(c1)nc(CCC(=O)Nc1nccs1)n2C. The van der Waals surface area contributed by atoms with Crippen molar-refractivity contribution in [3.05, 3.63) is 35.6 Å². The van der Waals surface area contributed by atoms with Gasteiger partial charge in [-0.05, 0) is 18.2 Å². The molecule has 1 aromatic carbocycles. The minimum Gasteiger partial charge on any atom is -0.331 e. The molecule has 0 unspecified atom stereocenters. The Labute approximate surface area is 168 Å². The predicted molar refractivity (Wildman–Crippen MR) is 110 cm³/mol. The van der Waals surface area contributed by atoms with Crippen LogP contribution in [0, 0.1) is 0 Å². The van der Waals surface area contributed by atoms with Crippen LogP contribution in [0.2, 0.25) is 0 Å². The molecule has 2 heterocycles. The molecule has 8 nitrogen and oxygen atoms in total. The molecule has 0 aliphatic heterocycles. The zero-order valence-electron chi connectivity index (χ0n) is 16.0. The Balaban J connectivity index is 1.80. The maximum atomic E-state index is 12.7. The Morgan fingerprint density at radius 1 is 1.29 bits per heavy atom. The summed E-state index contributed by atoms with van der Waals surface area (Å²) < 4.78 is 28.8. The van der Waals surface area contributed by atoms with Gasteiger partial charge in [0.1, 0.15) is 5.82 Å². The highest BCUT2D eigenvalue weighted by molar-refractivity contribution is 7.89. The number of hydrogen-bond acceptors (Lipinski definition) is 6. The van der Waals surface area contributed by atoms with Gasteiger partial charge in [0, 0.05) is 44.6 Å². The first-order valence-electron chi connectivity index (χ1n) is 9.01. The number of hydrogen-bond donors (Lipinski definition) is 1. The second-order valence-corrected chi connectivity index (χ2v) is 9.04. The van der Waals surface area contributed by atoms with Crippen molar-refractivity contribution in [3.63, 3.8) is 0 Å². The highest BCUT2D eigenvalue weighted by Crippen LogP contribution is 2.23. The van der Waals surface area contributed by atoms with E-state index < -0.39 is 10.0 Å². The number of fused-ring (bicyclic) bond motifs is 1. The lowest BCUT2D eigenvalue weighted by Crippen LogP contribution is -2.30. The fourth-order valence-corrected chi connectivity index (χ4v) is 5.04. The van der Waals surface area contributed by atoms with Gasteiger partial charge in [-0.2, -0.15) is 4.31 Å². The van der Waals surface area contributed by atoms with E-state index in [1.807, 2.05) is 25.5 Å². The van der Waals surface area contributed by atoms with Gasteiger partial charge in [0.25, 0.3) is 0 Å². The number of carbonyl (C=O) groups excluding carboxylic acids is 1. The van der Waals surface area contributed by atoms with E-state index in [9.17, 15) is 13.2 Å². The Morgan fingerprint density at radius 2 is 2.04 bits per heavy atom. The van der Waals surface area contributed by atoms with Crippen molar-refractivity contribution in [2.24, 2.45) is 7.05 Å². The third-order valence-electron chi connectivity index (χ3n) is 4.54. The highest BCUT2D eigenvalue weighted by atomic mass is 32.2. The number of imidazole rings is 1. The number of anilines is 1. The topological polar surface area (TPSA) is 97.2 Å². The highest BCUT2D eigenvalue weighted by Gasteiger charge is 2.22. The summed E-state index contributed by atoms with van der Waals surface area (Å²) in [6.45, 7) is 4.46. The molecule has 3 aromatic rings. The van der Waals surface area contributed by atoms with Crippen molar-refractivity contribution >= 4 is 43.4 Å². The summed E-state index contributed by atoms with van der Waals surface area (Å²) in [6, 6.07) is 4.97. The second-order valence-electron chi connectivity index (χ2n) is 6.21. The van der Waals surface area contributed by atoms with E-state index in [1.54, 1.807) is 29.8 Å². The van der Waals surface area contributed by atoms with E-state index >= 15 is 0 Å². The van der Waals surface area contributed by atoms with Crippen LogP contribution in [0.4, 0.5) is 5.13 Å². The van der Waals surface area contributed by atoms with Crippen LogP contribution in [-0.4, -0.2) is 46.3 Å². The van der Waals surface area contributed by atoms with Crippen molar-refractivity contribution in [1.82, 2.24) is 18.8 Å². The molecule has 0 saturated heterocycles. The standard InChI is InChI=1S/C18H23N5O3S2/c1-4-23(5-2)28(25,26)13-6-7-15-14(12-13)20-16(22(15)3)8-9-17(24)21-18-19-10-11-27-18/h6-7,10-12H,4-5,8-9H2,1-3H3,(H,19,21,24). The molecule has 150 valence electrons. The summed E-state index contributed by atoms with van der Waals surface area (Å²) in [4.78, 5) is 20.9. The van der Waals surface area contributed by atoms with Crippen LogP contribution in [0.3, 0.4) is 0 Å². The van der Waals surface area contributed by atoms with Crippen molar-refractivity contribution in [3.8, 4) is 0 Å². The van der Waals surface area contributed by atoms with E-state index in [0.29, 0.717) is 30.2 Å². The quantitative estimate of drug-likeness (QED) is 0.603. The maximum Gasteiger partial charge on any atom is 0.243 e. The molecule has 10 heteroatoms. The largest absolute Gasteiger partial charge is 0.331 e. The smallest absolute Gasteiger partial charge is 0.243 e. The van der Waals surface area contributed by atoms with E-state index in [1.165, 1.54) is 15.6 Å². The predicted octanol–water partition coefficient (Wildman–Crippen LogP) is 2.63. The van der Waals surface area contributed by atoms with E-state index in [0.717, 1.165) is 11.3 Å². The number of aromatic nitrogens is 3. The Bertz CT molecular complexity index is 1070. The van der Waals surface area contributed by atoms with E-state index in [-0.39, 0.29) is 17.2 Å². The minimum absolute atomic E-state index is 0.133. The van der Waals surface area contributed by atoms with Crippen LogP contribution < -0.4 is 5.32 Å². The van der Waals surface area contributed by atoms with Crippen LogP contribution in [0.5, 0.6) is 0 Å². The minimum atomic E-state index is -3.54. The average Bonchev–Trinajstić information content (AvgIpc) is 3.28. The molecule has 0 aliphatic carbocycles. The number of aryl methyl sites for hydroxylation is 2. The number of rotatable bonds is 8. The third-order valence-corrected chi connectivity index (χ3v) is 7.28. The van der Waals surface area contributed by atoms with Crippen LogP contribution >= 0.6 is 11.3 Å². The zero-order chi connectivity index (χ0) is 20.3. The van der Waals surface area contributed by atoms with E-state index in [2.05, 4.69) is 15.3 Å². The van der Waals surface area contributed by atoms with Gasteiger partial charge in [-0.25, -0.2) is 18.4 Å². The van der Waals surface area contributed by atoms with Crippen molar-refractivity contribution < 1.29 is 13.2 Å². The lowest BCUT2D eigenvalue weighted by molar-refractivity contribution is -0.116. The molecule has 1 amide bonds. The van der Waals surface area contributed by atoms with E-state index in [4.69, 9.17) is 0 Å². The lowest BCUT2D eigenvalue weighted by Gasteiger charge is -2.18. The van der Waals surface area contributed by atoms with Gasteiger partial charge in [-0.3, -0.25) is 4.79 Å². The monoisotopic (exact) mass is 421 g/mol. The van der Waals surface area contributed by atoms with Crippen LogP contribution in [-0.2, 0) is 28.3 Å². The van der Waals surface area contributed by atoms with Gasteiger partial charge in [-0.15, -0.1) is 11.3 Å². The number of nitrogens with zero attached hydrogens (tertiary/aromatic N) is 4. The number of amides is 1. The molecule has 0 radical (unpaired) electrons. The molecule has 2 aromatic heterocycles. The lowest BCUT2D eigenvalue weighted by atomic mass is 10.3. The Hall–Kier alpha value is -2.30. The van der Waals surface area contributed by atoms with Gasteiger partial charge < -0.3 is 9.88 Å². The first-order valence-corrected chi connectivity index (χ1v) is 11.3. The van der Waals surface area contributed by atoms with Crippen molar-refractivity contribution in [1.29, 1.82) is 0 Å². The number of thiazole rings is 1. The molecular weight excluding hydrogens is 398 g/mol. The molecule has 0 aliphatic rings. The number of sulfonamides is 1. The van der Waals surface area contributed by atoms with Gasteiger partial charge >= 0.3 is 0 Å². The van der Waals surface area contributed by atoms with Crippen LogP contribution in [0.15, 0.2) is 34.7 Å². The summed E-state index contributed by atoms with van der Waals surface area (Å²) in [7, 11) is -1.67. The first-order chi connectivity index (χ1) is 13.4. The number of carbonyl (C=O) groups is 1. The van der Waals surface area contributed by atoms with Crippen LogP contribution in [0.1, 0.15) is 26.1 Å². The molecule has 0 fully saturated rings. The summed E-state index contributed by atoms with van der Waals surface area (Å²) in [5, 5.41) is 5.11. The van der Waals surface area contributed by atoms with Gasteiger partial charge in [0.15, 0.2) is 5.13 Å². The fraction of sp³-hybridized carbons (Fsp3) is 0.389. The molecule has 0 bridgehead atoms. The second kappa shape index (κ2) is 8.38. The molecular formula is C18H23N5O3S2. The van der Waals surface area contributed by atoms with Crippen molar-refractivity contribution in [2.75, 3.05) is 18.4 Å². The molecule has 0 spiro atoms. The Kier molecular flexibility index (Phi) is 6.11. The van der Waals surface area contributed by atoms with Gasteiger partial charge in [0.2, 0.25) is 15.9 Å². The van der Waals surface area contributed by atoms with Crippen LogP contribution in [0.25, 0.3) is 11.0 Å². The molecule has 3 rings (SSSR count). The number of benzene rings is 1. The maximum absolute atomic E-state index is 12.7. The molecule has 1 N–H and O–H groups in total. The average molecular weight is 422 g/mol. The Morgan fingerprint density at radius 3 is 2.68 bits per heavy atom. The number of nitrogens with one attached hydrogen (secondary N) is 1.